The first kappa shape index (κ1) is 24.9. The minimum Gasteiger partial charge on any atom is -0.492 e. The van der Waals surface area contributed by atoms with E-state index < -0.39 is 17.7 Å². The maximum atomic E-state index is 13.9. The standard InChI is InChI=1S/C27H30F3NO5/c28-27(29,30)23-5-3-21-20(22(23)13-31-9-7-16(14-32)8-10-31)4-6-24(21)36-18-1-2-19-17(11-26(33)34)15-35-25(19)12-18/h1-3,5,12,16-17,24,32H,4,6-11,13-15H2,(H,33,34)/t17-,24-/m1/s1. The van der Waals surface area contributed by atoms with Gasteiger partial charge in [0.25, 0.3) is 0 Å². The van der Waals surface area contributed by atoms with Gasteiger partial charge in [0, 0.05) is 30.7 Å². The molecule has 36 heavy (non-hydrogen) atoms. The number of fused-ring (bicyclic) bond motifs is 2. The first-order valence-corrected chi connectivity index (χ1v) is 12.4. The molecule has 2 heterocycles. The number of carboxylic acids is 1. The fraction of sp³-hybridized carbons (Fsp3) is 0.519. The van der Waals surface area contributed by atoms with Crippen LogP contribution in [-0.2, 0) is 23.9 Å². The zero-order valence-electron chi connectivity index (χ0n) is 19.9. The van der Waals surface area contributed by atoms with Gasteiger partial charge in [0.05, 0.1) is 18.6 Å². The zero-order chi connectivity index (χ0) is 25.4. The zero-order valence-corrected chi connectivity index (χ0v) is 19.9. The van der Waals surface area contributed by atoms with Crippen molar-refractivity contribution in [3.8, 4) is 11.5 Å². The number of halogens is 3. The molecule has 0 amide bonds. The smallest absolute Gasteiger partial charge is 0.416 e. The molecule has 2 atom stereocenters. The quantitative estimate of drug-likeness (QED) is 0.556. The van der Waals surface area contributed by atoms with E-state index in [2.05, 4.69) is 4.90 Å². The molecule has 9 heteroatoms. The summed E-state index contributed by atoms with van der Waals surface area (Å²) in [7, 11) is 0. The Morgan fingerprint density at radius 1 is 1.11 bits per heavy atom. The number of aliphatic hydroxyl groups is 1. The van der Waals surface area contributed by atoms with Crippen molar-refractivity contribution in [2.24, 2.45) is 5.92 Å². The Hall–Kier alpha value is -2.78. The lowest BCUT2D eigenvalue weighted by atomic mass is 9.93. The Morgan fingerprint density at radius 3 is 2.56 bits per heavy atom. The average molecular weight is 506 g/mol. The largest absolute Gasteiger partial charge is 0.492 e. The van der Waals surface area contributed by atoms with Crippen molar-refractivity contribution in [3.05, 3.63) is 58.1 Å². The van der Waals surface area contributed by atoms with Gasteiger partial charge in [-0.15, -0.1) is 0 Å². The van der Waals surface area contributed by atoms with Crippen LogP contribution >= 0.6 is 0 Å². The number of hydrogen-bond acceptors (Lipinski definition) is 5. The van der Waals surface area contributed by atoms with Gasteiger partial charge in [-0.1, -0.05) is 12.1 Å². The normalized spacial score (nSPS) is 22.2. The molecule has 6 nitrogen and oxygen atoms in total. The lowest BCUT2D eigenvalue weighted by molar-refractivity contribution is -0.139. The Morgan fingerprint density at radius 2 is 1.86 bits per heavy atom. The molecule has 3 aliphatic rings. The predicted octanol–water partition coefficient (Wildman–Crippen LogP) is 4.93. The molecule has 194 valence electrons. The number of benzene rings is 2. The molecule has 0 radical (unpaired) electrons. The number of carbonyl (C=O) groups is 1. The summed E-state index contributed by atoms with van der Waals surface area (Å²) in [5, 5.41) is 18.5. The van der Waals surface area contributed by atoms with E-state index in [1.807, 2.05) is 6.07 Å². The molecule has 0 aromatic heterocycles. The lowest BCUT2D eigenvalue weighted by Crippen LogP contribution is -2.35. The number of nitrogens with zero attached hydrogens (tertiary/aromatic N) is 1. The van der Waals surface area contributed by atoms with Crippen molar-refractivity contribution in [3.63, 3.8) is 0 Å². The number of rotatable bonds is 7. The Balaban J connectivity index is 1.37. The van der Waals surface area contributed by atoms with Gasteiger partial charge in [-0.05, 0) is 73.5 Å². The van der Waals surface area contributed by atoms with Crippen LogP contribution in [0.1, 0.15) is 65.5 Å². The van der Waals surface area contributed by atoms with Gasteiger partial charge in [-0.25, -0.2) is 0 Å². The van der Waals surface area contributed by atoms with Crippen LogP contribution < -0.4 is 9.47 Å². The lowest BCUT2D eigenvalue weighted by Gasteiger charge is -2.32. The molecular weight excluding hydrogens is 475 g/mol. The maximum absolute atomic E-state index is 13.9. The van der Waals surface area contributed by atoms with Crippen molar-refractivity contribution >= 4 is 5.97 Å². The highest BCUT2D eigenvalue weighted by atomic mass is 19.4. The minimum atomic E-state index is -4.43. The Bertz CT molecular complexity index is 1130. The van der Waals surface area contributed by atoms with Gasteiger partial charge >= 0.3 is 12.1 Å². The van der Waals surface area contributed by atoms with E-state index in [0.717, 1.165) is 29.5 Å². The number of alkyl halides is 3. The van der Waals surface area contributed by atoms with E-state index in [1.165, 1.54) is 6.07 Å². The van der Waals surface area contributed by atoms with E-state index >= 15 is 0 Å². The highest BCUT2D eigenvalue weighted by molar-refractivity contribution is 5.68. The van der Waals surface area contributed by atoms with E-state index in [1.54, 1.807) is 18.2 Å². The molecule has 2 aliphatic heterocycles. The molecule has 2 N–H and O–H groups in total. The highest BCUT2D eigenvalue weighted by Gasteiger charge is 2.38. The van der Waals surface area contributed by atoms with E-state index in [0.29, 0.717) is 49.6 Å². The number of aliphatic carboxylic acids is 1. The summed E-state index contributed by atoms with van der Waals surface area (Å²) < 4.78 is 53.7. The molecule has 0 unspecified atom stereocenters. The van der Waals surface area contributed by atoms with E-state index in [4.69, 9.17) is 14.6 Å². The van der Waals surface area contributed by atoms with Crippen molar-refractivity contribution in [2.75, 3.05) is 26.3 Å². The van der Waals surface area contributed by atoms with Crippen LogP contribution in [0.2, 0.25) is 0 Å². The molecule has 0 bridgehead atoms. The van der Waals surface area contributed by atoms with E-state index in [9.17, 15) is 23.1 Å². The van der Waals surface area contributed by atoms with Crippen molar-refractivity contribution < 1.29 is 37.7 Å². The summed E-state index contributed by atoms with van der Waals surface area (Å²) in [5.74, 6) is 0.278. The average Bonchev–Trinajstić information content (AvgIpc) is 3.43. The maximum Gasteiger partial charge on any atom is 0.416 e. The van der Waals surface area contributed by atoms with Crippen molar-refractivity contribution in [2.45, 2.75) is 56.8 Å². The third kappa shape index (κ3) is 5.04. The number of carboxylic acid groups (broad SMARTS) is 1. The summed E-state index contributed by atoms with van der Waals surface area (Å²) in [6.07, 6.45) is -2.15. The van der Waals surface area contributed by atoms with E-state index in [-0.39, 0.29) is 37.5 Å². The van der Waals surface area contributed by atoms with Gasteiger partial charge < -0.3 is 19.7 Å². The summed E-state index contributed by atoms with van der Waals surface area (Å²) in [4.78, 5) is 13.1. The Labute approximate surface area is 207 Å². The molecule has 0 spiro atoms. The molecule has 2 aromatic rings. The SMILES string of the molecule is O=C(O)C[C@@H]1COc2cc(O[C@@H]3CCc4c3ccc(C(F)(F)F)c4CN3CCC(CO)CC3)ccc21. The molecule has 1 aliphatic carbocycles. The van der Waals surface area contributed by atoms with Gasteiger partial charge in [-0.3, -0.25) is 9.69 Å². The fourth-order valence-corrected chi connectivity index (χ4v) is 5.73. The van der Waals surface area contributed by atoms with Crippen LogP contribution in [0.25, 0.3) is 0 Å². The number of piperidine rings is 1. The van der Waals surface area contributed by atoms with Crippen LogP contribution in [0.4, 0.5) is 13.2 Å². The molecule has 2 aromatic carbocycles. The molecule has 5 rings (SSSR count). The van der Waals surface area contributed by atoms with Crippen LogP contribution in [0.5, 0.6) is 11.5 Å². The van der Waals surface area contributed by atoms with Crippen molar-refractivity contribution in [1.82, 2.24) is 4.90 Å². The second-order valence-electron chi connectivity index (χ2n) is 10.0. The number of ether oxygens (including phenoxy) is 2. The monoisotopic (exact) mass is 505 g/mol. The number of aliphatic hydroxyl groups excluding tert-OH is 1. The fourth-order valence-electron chi connectivity index (χ4n) is 5.73. The number of likely N-dealkylation sites (tertiary alicyclic amines) is 1. The summed E-state index contributed by atoms with van der Waals surface area (Å²) in [6, 6.07) is 8.06. The second-order valence-corrected chi connectivity index (χ2v) is 10.0. The minimum absolute atomic E-state index is 0.00874. The molecule has 1 saturated heterocycles. The third-order valence-corrected chi connectivity index (χ3v) is 7.69. The topological polar surface area (TPSA) is 79.2 Å². The van der Waals surface area contributed by atoms with Gasteiger partial charge in [-0.2, -0.15) is 13.2 Å². The second kappa shape index (κ2) is 9.94. The first-order valence-electron chi connectivity index (χ1n) is 12.4. The molecular formula is C27H30F3NO5. The highest BCUT2D eigenvalue weighted by Crippen LogP contribution is 2.44. The Kier molecular flexibility index (Phi) is 6.87. The van der Waals surface area contributed by atoms with Gasteiger partial charge in [0.15, 0.2) is 0 Å². The van der Waals surface area contributed by atoms with Gasteiger partial charge in [0.1, 0.15) is 17.6 Å². The van der Waals surface area contributed by atoms with Gasteiger partial charge in [0.2, 0.25) is 0 Å². The summed E-state index contributed by atoms with van der Waals surface area (Å²) in [5.41, 5.74) is 2.09. The molecule has 1 fully saturated rings. The third-order valence-electron chi connectivity index (χ3n) is 7.69. The van der Waals surface area contributed by atoms with Crippen molar-refractivity contribution in [1.29, 1.82) is 0 Å². The van der Waals surface area contributed by atoms with Crippen LogP contribution in [-0.4, -0.2) is 47.4 Å². The predicted molar refractivity (Wildman–Crippen MR) is 125 cm³/mol. The van der Waals surface area contributed by atoms with Crippen LogP contribution in [0.3, 0.4) is 0 Å². The number of hydrogen-bond donors (Lipinski definition) is 2. The molecule has 0 saturated carbocycles. The summed E-state index contributed by atoms with van der Waals surface area (Å²) >= 11 is 0. The van der Waals surface area contributed by atoms with Crippen LogP contribution in [0.15, 0.2) is 30.3 Å². The summed E-state index contributed by atoms with van der Waals surface area (Å²) in [6.45, 7) is 2.00. The van der Waals surface area contributed by atoms with Crippen LogP contribution in [0, 0.1) is 5.92 Å². The first-order chi connectivity index (χ1) is 17.2.